The van der Waals surface area contributed by atoms with E-state index >= 15 is 0 Å². The first-order valence-corrected chi connectivity index (χ1v) is 9.07. The van der Waals surface area contributed by atoms with Gasteiger partial charge in [0.15, 0.2) is 5.96 Å². The van der Waals surface area contributed by atoms with Gasteiger partial charge in [0, 0.05) is 30.6 Å². The summed E-state index contributed by atoms with van der Waals surface area (Å²) in [5, 5.41) is 7.58. The number of hydrogen-bond acceptors (Lipinski definition) is 3. The zero-order chi connectivity index (χ0) is 16.7. The van der Waals surface area contributed by atoms with Gasteiger partial charge < -0.3 is 10.6 Å². The fourth-order valence-corrected chi connectivity index (χ4v) is 2.99. The van der Waals surface area contributed by atoms with Crippen LogP contribution in [0.25, 0.3) is 0 Å². The molecule has 1 aromatic heterocycles. The summed E-state index contributed by atoms with van der Waals surface area (Å²) in [5.74, 6) is 0.457. The topological polar surface area (TPSA) is 49.3 Å². The molecule has 4 nitrogen and oxygen atoms in total. The second-order valence-electron chi connectivity index (χ2n) is 4.99. The van der Waals surface area contributed by atoms with Gasteiger partial charge in [-0.3, -0.25) is 0 Å². The van der Waals surface area contributed by atoms with E-state index < -0.39 is 0 Å². The molecule has 2 N–H and O–H groups in total. The van der Waals surface area contributed by atoms with E-state index in [0.29, 0.717) is 11.0 Å². The third-order valence-electron chi connectivity index (χ3n) is 3.05. The summed E-state index contributed by atoms with van der Waals surface area (Å²) >= 11 is 4.86. The number of thiazole rings is 1. The van der Waals surface area contributed by atoms with Crippen molar-refractivity contribution in [3.8, 4) is 0 Å². The van der Waals surface area contributed by atoms with Crippen molar-refractivity contribution in [2.45, 2.75) is 26.8 Å². The van der Waals surface area contributed by atoms with E-state index in [4.69, 9.17) is 0 Å². The maximum absolute atomic E-state index is 13.5. The first-order chi connectivity index (χ1) is 11.1. The molecular formula is C16H20BrFN4S. The molecule has 0 radical (unpaired) electrons. The first-order valence-electron chi connectivity index (χ1n) is 7.46. The van der Waals surface area contributed by atoms with Crippen molar-refractivity contribution in [2.24, 2.45) is 4.99 Å². The van der Waals surface area contributed by atoms with Gasteiger partial charge in [-0.1, -0.05) is 6.07 Å². The number of guanidine groups is 1. The molecule has 1 aromatic carbocycles. The van der Waals surface area contributed by atoms with Gasteiger partial charge in [0.25, 0.3) is 0 Å². The number of rotatable bonds is 6. The summed E-state index contributed by atoms with van der Waals surface area (Å²) in [6, 6.07) is 5.05. The summed E-state index contributed by atoms with van der Waals surface area (Å²) in [5.41, 5.74) is 0.832. The van der Waals surface area contributed by atoms with E-state index in [1.807, 2.05) is 19.2 Å². The molecule has 0 fully saturated rings. The fourth-order valence-electron chi connectivity index (χ4n) is 1.95. The van der Waals surface area contributed by atoms with Crippen LogP contribution >= 0.6 is 27.3 Å². The van der Waals surface area contributed by atoms with Crippen molar-refractivity contribution in [1.82, 2.24) is 15.6 Å². The smallest absolute Gasteiger partial charge is 0.191 e. The standard InChI is InChI=1S/C16H20BrFN4S/c1-3-19-16(20-7-6-15-21-9-11(2)23-15)22-10-12-4-5-13(17)14(18)8-12/h4-5,8-9H,3,6-7,10H2,1-2H3,(H2,19,20,22). The van der Waals surface area contributed by atoms with Crippen LogP contribution < -0.4 is 10.6 Å². The van der Waals surface area contributed by atoms with E-state index in [1.165, 1.54) is 10.9 Å². The van der Waals surface area contributed by atoms with Crippen LogP contribution in [0.1, 0.15) is 22.4 Å². The SMILES string of the molecule is CCNC(=NCc1ccc(Br)c(F)c1)NCCc1ncc(C)s1. The van der Waals surface area contributed by atoms with Crippen molar-refractivity contribution in [2.75, 3.05) is 13.1 Å². The molecule has 0 spiro atoms. The third kappa shape index (κ3) is 5.91. The van der Waals surface area contributed by atoms with Crippen LogP contribution in [0.5, 0.6) is 0 Å². The minimum atomic E-state index is -0.269. The highest BCUT2D eigenvalue weighted by atomic mass is 79.9. The van der Waals surface area contributed by atoms with Crippen LogP contribution in [-0.4, -0.2) is 24.0 Å². The summed E-state index contributed by atoms with van der Waals surface area (Å²) in [4.78, 5) is 10.0. The third-order valence-corrected chi connectivity index (χ3v) is 4.66. The van der Waals surface area contributed by atoms with Crippen molar-refractivity contribution in [3.05, 3.63) is 50.1 Å². The van der Waals surface area contributed by atoms with Gasteiger partial charge in [-0.2, -0.15) is 0 Å². The highest BCUT2D eigenvalue weighted by molar-refractivity contribution is 9.10. The van der Waals surface area contributed by atoms with Crippen LogP contribution in [0, 0.1) is 12.7 Å². The Labute approximate surface area is 148 Å². The maximum Gasteiger partial charge on any atom is 0.191 e. The summed E-state index contributed by atoms with van der Waals surface area (Å²) in [7, 11) is 0. The number of nitrogens with zero attached hydrogens (tertiary/aromatic N) is 2. The molecule has 1 heterocycles. The van der Waals surface area contributed by atoms with Crippen molar-refractivity contribution in [1.29, 1.82) is 0 Å². The minimum absolute atomic E-state index is 0.269. The second-order valence-corrected chi connectivity index (χ2v) is 7.16. The Morgan fingerprint density at radius 1 is 1.39 bits per heavy atom. The molecule has 0 aliphatic rings. The van der Waals surface area contributed by atoms with Gasteiger partial charge in [0.1, 0.15) is 5.82 Å². The molecule has 0 atom stereocenters. The molecule has 0 saturated heterocycles. The largest absolute Gasteiger partial charge is 0.357 e. The molecule has 0 bridgehead atoms. The van der Waals surface area contributed by atoms with Crippen LogP contribution in [0.15, 0.2) is 33.9 Å². The molecule has 2 rings (SSSR count). The van der Waals surface area contributed by atoms with E-state index in [2.05, 4.69) is 43.5 Å². The first kappa shape index (κ1) is 17.9. The lowest BCUT2D eigenvalue weighted by molar-refractivity contribution is 0.618. The van der Waals surface area contributed by atoms with Crippen LogP contribution in [0.3, 0.4) is 0 Å². The summed E-state index contributed by atoms with van der Waals surface area (Å²) in [6.07, 6.45) is 2.75. The fraction of sp³-hybridized carbons (Fsp3) is 0.375. The Kier molecular flexibility index (Phi) is 6.98. The molecule has 2 aromatic rings. The highest BCUT2D eigenvalue weighted by Crippen LogP contribution is 2.16. The lowest BCUT2D eigenvalue weighted by atomic mass is 10.2. The second kappa shape index (κ2) is 8.98. The van der Waals surface area contributed by atoms with Crippen LogP contribution in [-0.2, 0) is 13.0 Å². The number of aryl methyl sites for hydroxylation is 1. The Bertz CT molecular complexity index is 672. The minimum Gasteiger partial charge on any atom is -0.357 e. The van der Waals surface area contributed by atoms with E-state index in [9.17, 15) is 4.39 Å². The maximum atomic E-state index is 13.5. The zero-order valence-corrected chi connectivity index (χ0v) is 15.6. The number of nitrogens with one attached hydrogen (secondary N) is 2. The number of hydrogen-bond donors (Lipinski definition) is 2. The Morgan fingerprint density at radius 2 is 2.22 bits per heavy atom. The van der Waals surface area contributed by atoms with Gasteiger partial charge in [0.2, 0.25) is 0 Å². The molecule has 124 valence electrons. The molecule has 0 amide bonds. The Morgan fingerprint density at radius 3 is 2.87 bits per heavy atom. The number of halogens is 2. The van der Waals surface area contributed by atoms with Gasteiger partial charge in [-0.05, 0) is 47.5 Å². The van der Waals surface area contributed by atoms with Gasteiger partial charge >= 0.3 is 0 Å². The quantitative estimate of drug-likeness (QED) is 0.576. The van der Waals surface area contributed by atoms with Crippen molar-refractivity contribution in [3.63, 3.8) is 0 Å². The van der Waals surface area contributed by atoms with Gasteiger partial charge in [0.05, 0.1) is 16.0 Å². The number of aromatic nitrogens is 1. The lowest BCUT2D eigenvalue weighted by Gasteiger charge is -2.10. The number of aliphatic imine (C=N–C) groups is 1. The van der Waals surface area contributed by atoms with Gasteiger partial charge in [-0.15, -0.1) is 11.3 Å². The molecule has 0 aliphatic heterocycles. The molecule has 0 saturated carbocycles. The average Bonchev–Trinajstić information content (AvgIpc) is 2.93. The monoisotopic (exact) mass is 398 g/mol. The van der Waals surface area contributed by atoms with E-state index in [0.717, 1.165) is 36.0 Å². The van der Waals surface area contributed by atoms with Crippen LogP contribution in [0.4, 0.5) is 4.39 Å². The van der Waals surface area contributed by atoms with Crippen molar-refractivity contribution < 1.29 is 4.39 Å². The summed E-state index contributed by atoms with van der Waals surface area (Å²) in [6.45, 7) is 6.03. The Hall–Kier alpha value is -1.47. The predicted octanol–water partition coefficient (Wildman–Crippen LogP) is 3.65. The Balaban J connectivity index is 1.89. The molecule has 23 heavy (non-hydrogen) atoms. The van der Waals surface area contributed by atoms with E-state index in [1.54, 1.807) is 17.4 Å². The van der Waals surface area contributed by atoms with Crippen molar-refractivity contribution >= 4 is 33.2 Å². The summed E-state index contributed by atoms with van der Waals surface area (Å²) < 4.78 is 14.0. The normalized spacial score (nSPS) is 11.6. The molecule has 0 unspecified atom stereocenters. The lowest BCUT2D eigenvalue weighted by Crippen LogP contribution is -2.38. The molecule has 7 heteroatoms. The van der Waals surface area contributed by atoms with E-state index in [-0.39, 0.29) is 5.82 Å². The molecular weight excluding hydrogens is 379 g/mol. The predicted molar refractivity (Wildman–Crippen MR) is 97.5 cm³/mol. The zero-order valence-electron chi connectivity index (χ0n) is 13.2. The highest BCUT2D eigenvalue weighted by Gasteiger charge is 2.03. The van der Waals surface area contributed by atoms with Crippen LogP contribution in [0.2, 0.25) is 0 Å². The molecule has 0 aliphatic carbocycles. The number of benzene rings is 1. The average molecular weight is 399 g/mol. The van der Waals surface area contributed by atoms with Gasteiger partial charge in [-0.25, -0.2) is 14.4 Å².